The van der Waals surface area contributed by atoms with Crippen LogP contribution in [0.25, 0.3) is 67.7 Å². The first-order valence-corrected chi connectivity index (χ1v) is 22.9. The number of urea groups is 1. The Morgan fingerprint density at radius 2 is 1.01 bits per heavy atom. The lowest BCUT2D eigenvalue weighted by molar-refractivity contribution is -0.275. The molecule has 2 amide bonds. The minimum Gasteiger partial charge on any atom is -0.464 e. The van der Waals surface area contributed by atoms with Crippen molar-refractivity contribution in [3.63, 3.8) is 0 Å². The van der Waals surface area contributed by atoms with Crippen LogP contribution in [0.5, 0.6) is 11.5 Å². The van der Waals surface area contributed by atoms with Crippen molar-refractivity contribution in [3.8, 4) is 79.2 Å². The summed E-state index contributed by atoms with van der Waals surface area (Å²) in [6.45, 7) is 0. The number of carbonyl (C=O) groups is 1. The van der Waals surface area contributed by atoms with E-state index in [4.69, 9.17) is 16.6 Å². The Hall–Kier alpha value is -9.76. The fourth-order valence-corrected chi connectivity index (χ4v) is 7.98. The summed E-state index contributed by atoms with van der Waals surface area (Å²) in [5.74, 6) is 0.607. The molecule has 0 aliphatic carbocycles. The SMILES string of the molecule is O=C(Nc1ccc(-c2ncn(-c3ccc(OC(F)(F)F)cc3)n2)cc1)Nc1cc(-c2coc(-c3ccccc3NC(=S)Nc3ccc(-c4ncn(-c5ccc(OC(F)(F)F)cc5)n4)cc3)c2)ccc1-c1ccccc1. The lowest BCUT2D eigenvalue weighted by Gasteiger charge is -2.14. The van der Waals surface area contributed by atoms with Crippen LogP contribution in [0.3, 0.4) is 0 Å². The van der Waals surface area contributed by atoms with E-state index in [1.807, 2.05) is 78.9 Å². The largest absolute Gasteiger partial charge is 0.573 e. The third-order valence-electron chi connectivity index (χ3n) is 11.2. The number of halogens is 6. The van der Waals surface area contributed by atoms with Gasteiger partial charge in [0.2, 0.25) is 0 Å². The molecule has 0 aliphatic rings. The molecule has 0 fully saturated rings. The number of hydrogen-bond acceptors (Lipinski definition) is 9. The highest BCUT2D eigenvalue weighted by Crippen LogP contribution is 2.37. The number of carbonyl (C=O) groups excluding carboxylic acids is 1. The highest BCUT2D eigenvalue weighted by atomic mass is 32.1. The number of para-hydroxylation sites is 1. The molecule has 0 radical (unpaired) electrons. The molecule has 4 N–H and O–H groups in total. The van der Waals surface area contributed by atoms with Gasteiger partial charge in [-0.3, -0.25) is 0 Å². The van der Waals surface area contributed by atoms with E-state index >= 15 is 0 Å². The van der Waals surface area contributed by atoms with Crippen LogP contribution in [0.2, 0.25) is 0 Å². The second kappa shape index (κ2) is 20.8. The van der Waals surface area contributed by atoms with E-state index in [0.29, 0.717) is 67.8 Å². The Bertz CT molecular complexity index is 3620. The lowest BCUT2D eigenvalue weighted by Crippen LogP contribution is -2.19. The van der Waals surface area contributed by atoms with E-state index in [9.17, 15) is 31.1 Å². The maximum absolute atomic E-state index is 13.6. The number of aromatic nitrogens is 6. The van der Waals surface area contributed by atoms with Gasteiger partial charge >= 0.3 is 18.8 Å². The number of ether oxygens (including phenoxy) is 2. The molecule has 3 aromatic heterocycles. The van der Waals surface area contributed by atoms with Gasteiger partial charge in [-0.1, -0.05) is 54.6 Å². The second-order valence-electron chi connectivity index (χ2n) is 16.3. The van der Waals surface area contributed by atoms with Crippen molar-refractivity contribution in [1.29, 1.82) is 0 Å². The summed E-state index contributed by atoms with van der Waals surface area (Å²) in [6, 6.07) is 48.9. The maximum Gasteiger partial charge on any atom is 0.573 e. The molecule has 0 unspecified atom stereocenters. The number of furan rings is 1. The van der Waals surface area contributed by atoms with Gasteiger partial charge in [0.15, 0.2) is 16.8 Å². The van der Waals surface area contributed by atoms with Crippen molar-refractivity contribution >= 4 is 46.1 Å². The van der Waals surface area contributed by atoms with E-state index in [0.717, 1.165) is 27.8 Å². The summed E-state index contributed by atoms with van der Waals surface area (Å²) < 4.78 is 92.4. The zero-order valence-corrected chi connectivity index (χ0v) is 39.3. The van der Waals surface area contributed by atoms with Crippen molar-refractivity contribution in [1.82, 2.24) is 29.5 Å². The van der Waals surface area contributed by atoms with Gasteiger partial charge in [0.25, 0.3) is 0 Å². The number of amides is 2. The van der Waals surface area contributed by atoms with Crippen molar-refractivity contribution in [2.45, 2.75) is 12.7 Å². The van der Waals surface area contributed by atoms with Gasteiger partial charge in [-0.15, -0.1) is 36.5 Å². The molecule has 0 bridgehead atoms. The highest BCUT2D eigenvalue weighted by molar-refractivity contribution is 7.80. The summed E-state index contributed by atoms with van der Waals surface area (Å²) in [6.07, 6.45) is -5.06. The molecule has 374 valence electrons. The Kier molecular flexibility index (Phi) is 13.5. The molecule has 0 saturated carbocycles. The van der Waals surface area contributed by atoms with Crippen LogP contribution in [0, 0.1) is 0 Å². The summed E-state index contributed by atoms with van der Waals surface area (Å²) >= 11 is 5.71. The monoisotopic (exact) mass is 1030 g/mol. The number of rotatable bonds is 13. The average Bonchev–Trinajstić information content (AvgIpc) is 4.20. The molecule has 14 nitrogen and oxygen atoms in total. The topological polar surface area (TPSA) is 158 Å². The molecule has 10 aromatic rings. The Labute approximate surface area is 427 Å². The van der Waals surface area contributed by atoms with E-state index in [-0.39, 0.29) is 11.5 Å². The van der Waals surface area contributed by atoms with Gasteiger partial charge in [-0.2, -0.15) is 0 Å². The summed E-state index contributed by atoms with van der Waals surface area (Å²) in [4.78, 5) is 22.3. The van der Waals surface area contributed by atoms with Gasteiger partial charge in [-0.05, 0) is 145 Å². The zero-order valence-electron chi connectivity index (χ0n) is 38.5. The molecule has 0 aliphatic heterocycles. The first-order valence-electron chi connectivity index (χ1n) is 22.5. The van der Waals surface area contributed by atoms with Gasteiger partial charge in [0.05, 0.1) is 29.0 Å². The number of nitrogens with zero attached hydrogens (tertiary/aromatic N) is 6. The molecule has 0 spiro atoms. The molecular weight excluding hydrogens is 999 g/mol. The number of benzene rings is 7. The molecule has 0 saturated heterocycles. The fraction of sp³-hybridized carbons (Fsp3) is 0.0370. The van der Waals surface area contributed by atoms with E-state index in [1.165, 1.54) is 70.5 Å². The van der Waals surface area contributed by atoms with Gasteiger partial charge < -0.3 is 35.2 Å². The van der Waals surface area contributed by atoms with Crippen LogP contribution in [0.15, 0.2) is 199 Å². The maximum atomic E-state index is 13.6. The van der Waals surface area contributed by atoms with Crippen LogP contribution < -0.4 is 30.7 Å². The molecule has 75 heavy (non-hydrogen) atoms. The first kappa shape index (κ1) is 48.8. The van der Waals surface area contributed by atoms with Crippen LogP contribution in [0.1, 0.15) is 0 Å². The lowest BCUT2D eigenvalue weighted by atomic mass is 9.99. The summed E-state index contributed by atoms with van der Waals surface area (Å²) in [5.41, 5.74) is 8.58. The van der Waals surface area contributed by atoms with Crippen LogP contribution in [-0.4, -0.2) is 53.4 Å². The minimum absolute atomic E-state index is 0.307. The first-order chi connectivity index (χ1) is 36.1. The van der Waals surface area contributed by atoms with E-state index < -0.39 is 18.8 Å². The van der Waals surface area contributed by atoms with Crippen molar-refractivity contribution in [2.24, 2.45) is 0 Å². The number of hydrogen-bond donors (Lipinski definition) is 4. The predicted octanol–water partition coefficient (Wildman–Crippen LogP) is 14.0. The zero-order chi connectivity index (χ0) is 52.1. The van der Waals surface area contributed by atoms with Gasteiger partial charge in [0, 0.05) is 39.2 Å². The fourth-order valence-electron chi connectivity index (χ4n) is 7.75. The molecule has 0 atom stereocenters. The minimum atomic E-state index is -4.80. The smallest absolute Gasteiger partial charge is 0.464 e. The molecule has 21 heteroatoms. The second-order valence-corrected chi connectivity index (χ2v) is 16.7. The number of thiocarbonyl (C=S) groups is 1. The van der Waals surface area contributed by atoms with E-state index in [1.54, 1.807) is 54.8 Å². The highest BCUT2D eigenvalue weighted by Gasteiger charge is 2.32. The van der Waals surface area contributed by atoms with Crippen molar-refractivity contribution in [3.05, 3.63) is 195 Å². The molecular formula is C54H36F6N10O4S. The van der Waals surface area contributed by atoms with E-state index in [2.05, 4.69) is 50.9 Å². The standard InChI is InChI=1S/C54H36F6N10O4S/c55-53(56,57)73-42-23-19-40(20-24-42)69-31-61-49(67-69)34-10-15-38(16-11-34)63-51(71)65-47-28-36(14-27-44(47)33-6-2-1-3-7-33)37-29-48(72-30-37)45-8-4-5-9-46(45)66-52(75)64-39-17-12-35(13-18-39)50-62-32-70(68-50)41-21-25-43(26-22-41)74-54(58,59)60/h1-32H,(H2,63,65,71)(H2,64,66,75). The quantitative estimate of drug-likeness (QED) is 0.0643. The summed E-state index contributed by atoms with van der Waals surface area (Å²) in [5, 5.41) is 21.6. The van der Waals surface area contributed by atoms with Crippen LogP contribution in [0.4, 0.5) is 53.9 Å². The number of anilines is 4. The van der Waals surface area contributed by atoms with Crippen molar-refractivity contribution < 1.29 is 45.0 Å². The number of alkyl halides is 6. The molecule has 3 heterocycles. The van der Waals surface area contributed by atoms with Crippen LogP contribution >= 0.6 is 12.2 Å². The summed E-state index contributed by atoms with van der Waals surface area (Å²) in [7, 11) is 0. The third kappa shape index (κ3) is 12.1. The Balaban J connectivity index is 0.788. The number of nitrogens with one attached hydrogen (secondary N) is 4. The van der Waals surface area contributed by atoms with Gasteiger partial charge in [-0.25, -0.2) is 24.1 Å². The molecule has 7 aromatic carbocycles. The Morgan fingerprint density at radius 3 is 1.57 bits per heavy atom. The Morgan fingerprint density at radius 1 is 0.493 bits per heavy atom. The van der Waals surface area contributed by atoms with Crippen LogP contribution in [-0.2, 0) is 0 Å². The third-order valence-corrected chi connectivity index (χ3v) is 11.4. The normalized spacial score (nSPS) is 11.4. The molecule has 10 rings (SSSR count). The van der Waals surface area contributed by atoms with Gasteiger partial charge in [0.1, 0.15) is 29.9 Å². The predicted molar refractivity (Wildman–Crippen MR) is 274 cm³/mol. The average molecular weight is 1040 g/mol. The van der Waals surface area contributed by atoms with Crippen molar-refractivity contribution in [2.75, 3.05) is 21.3 Å².